The second kappa shape index (κ2) is 18.9. The highest BCUT2D eigenvalue weighted by Crippen LogP contribution is 2.19. The minimum atomic E-state index is -2.75. The Hall–Kier alpha value is -7.78. The van der Waals surface area contributed by atoms with Crippen LogP contribution < -0.4 is 51.0 Å². The van der Waals surface area contributed by atoms with E-state index < -0.39 is 16.1 Å². The molecule has 0 aliphatic carbocycles. The molecule has 0 spiro atoms. The van der Waals surface area contributed by atoms with Gasteiger partial charge in [0.1, 0.15) is 24.7 Å². The van der Waals surface area contributed by atoms with E-state index in [4.69, 9.17) is 9.47 Å². The van der Waals surface area contributed by atoms with Crippen molar-refractivity contribution < 1.29 is 9.47 Å². The van der Waals surface area contributed by atoms with Crippen LogP contribution in [0.25, 0.3) is 5.69 Å². The lowest BCUT2D eigenvalue weighted by Crippen LogP contribution is -2.74. The fourth-order valence-corrected chi connectivity index (χ4v) is 18.9. The van der Waals surface area contributed by atoms with Crippen molar-refractivity contribution >= 4 is 57.6 Å². The zero-order valence-corrected chi connectivity index (χ0v) is 38.0. The van der Waals surface area contributed by atoms with Gasteiger partial charge in [-0.3, -0.25) is 0 Å². The van der Waals surface area contributed by atoms with E-state index in [0.717, 1.165) is 28.3 Å². The molecule has 0 bridgehead atoms. The Morgan fingerprint density at radius 2 is 0.600 bits per heavy atom. The van der Waals surface area contributed by atoms with Crippen molar-refractivity contribution in [2.75, 3.05) is 0 Å². The summed E-state index contributed by atoms with van der Waals surface area (Å²) in [6.45, 7) is 0.935. The van der Waals surface area contributed by atoms with Crippen molar-refractivity contribution in [1.82, 2.24) is 9.78 Å². The molecule has 0 fully saturated rings. The van der Waals surface area contributed by atoms with Gasteiger partial charge in [0, 0.05) is 12.4 Å². The zero-order chi connectivity index (χ0) is 43.7. The van der Waals surface area contributed by atoms with Crippen molar-refractivity contribution in [2.24, 2.45) is 0 Å². The SMILES string of the molecule is c1ccc([Si](c2ccccc2)(c2ccc(COc3ccc(-n4cccn4)cc3)cc2)c2ccc(COc3ccc([Si](c4ccccc4)(c4ccccc4)c4ccccc4)cc3)cc2)cc1. The van der Waals surface area contributed by atoms with Gasteiger partial charge in [0.2, 0.25) is 0 Å². The molecule has 0 saturated carbocycles. The average Bonchev–Trinajstić information content (AvgIpc) is 3.94. The summed E-state index contributed by atoms with van der Waals surface area (Å²) >= 11 is 0. The summed E-state index contributed by atoms with van der Waals surface area (Å²) in [5, 5.41) is 15.0. The van der Waals surface area contributed by atoms with E-state index in [1.54, 1.807) is 6.20 Å². The summed E-state index contributed by atoms with van der Waals surface area (Å²) in [4.78, 5) is 0. The Bertz CT molecular complexity index is 2890. The Morgan fingerprint density at radius 1 is 0.308 bits per heavy atom. The Balaban J connectivity index is 0.925. The lowest BCUT2D eigenvalue weighted by atomic mass is 10.2. The second-order valence-corrected chi connectivity index (χ2v) is 23.9. The van der Waals surface area contributed by atoms with Gasteiger partial charge in [-0.15, -0.1) is 0 Å². The Morgan fingerprint density at radius 3 is 0.908 bits per heavy atom. The van der Waals surface area contributed by atoms with Crippen LogP contribution in [-0.2, 0) is 13.2 Å². The van der Waals surface area contributed by atoms with Crippen LogP contribution in [-0.4, -0.2) is 25.9 Å². The van der Waals surface area contributed by atoms with E-state index in [0.29, 0.717) is 13.2 Å². The summed E-state index contributed by atoms with van der Waals surface area (Å²) in [6.07, 6.45) is 3.72. The van der Waals surface area contributed by atoms with Gasteiger partial charge in [-0.1, -0.05) is 212 Å². The maximum Gasteiger partial charge on any atom is 0.179 e. The van der Waals surface area contributed by atoms with Crippen molar-refractivity contribution in [3.8, 4) is 17.2 Å². The van der Waals surface area contributed by atoms with E-state index in [1.165, 1.54) is 41.5 Å². The molecular weight excluding hydrogens is 825 g/mol. The number of hydrogen-bond acceptors (Lipinski definition) is 3. The molecule has 0 aliphatic heterocycles. The predicted molar refractivity (Wildman–Crippen MR) is 272 cm³/mol. The molecule has 314 valence electrons. The van der Waals surface area contributed by atoms with Gasteiger partial charge < -0.3 is 9.47 Å². The minimum absolute atomic E-state index is 0.462. The van der Waals surface area contributed by atoms with Gasteiger partial charge >= 0.3 is 0 Å². The third kappa shape index (κ3) is 8.29. The Kier molecular flexibility index (Phi) is 12.0. The molecule has 10 aromatic rings. The number of benzene rings is 9. The van der Waals surface area contributed by atoms with E-state index in [1.807, 2.05) is 41.2 Å². The molecule has 10 rings (SSSR count). The first-order valence-corrected chi connectivity index (χ1v) is 26.1. The summed E-state index contributed by atoms with van der Waals surface area (Å²) in [5.41, 5.74) is 3.23. The molecule has 0 saturated heterocycles. The summed E-state index contributed by atoms with van der Waals surface area (Å²) in [7, 11) is -5.36. The molecular formula is C59H48N2O2Si2. The molecule has 6 heteroatoms. The number of ether oxygens (including phenoxy) is 2. The van der Waals surface area contributed by atoms with Crippen molar-refractivity contribution in [3.63, 3.8) is 0 Å². The minimum Gasteiger partial charge on any atom is -0.489 e. The topological polar surface area (TPSA) is 36.3 Å². The van der Waals surface area contributed by atoms with Crippen LogP contribution in [0.2, 0.25) is 0 Å². The number of aromatic nitrogens is 2. The Labute approximate surface area is 383 Å². The molecule has 0 aliphatic rings. The standard InChI is InChI=1S/C59H48N2O2Si2/c1-6-17-52(18-7-1)64(53-19-8-2-9-20-53,54-21-10-3-11-22-54)59-41-35-51(36-42-59)63-46-48-29-39-58(40-30-48)65(55-23-12-4-13-24-55,56-25-14-5-15-26-56)57-37-27-47(28-38-57)45-62-50-33-31-49(32-34-50)61-44-16-43-60-61/h1-44H,45-46H2. The molecule has 1 heterocycles. The van der Waals surface area contributed by atoms with Gasteiger partial charge in [-0.05, 0) is 95.1 Å². The van der Waals surface area contributed by atoms with Crippen LogP contribution in [0.5, 0.6) is 11.5 Å². The molecule has 0 atom stereocenters. The second-order valence-electron chi connectivity index (χ2n) is 16.3. The highest BCUT2D eigenvalue weighted by molar-refractivity contribution is 7.20. The number of rotatable bonds is 15. The third-order valence-electron chi connectivity index (χ3n) is 12.5. The normalized spacial score (nSPS) is 11.5. The zero-order valence-electron chi connectivity index (χ0n) is 36.0. The molecule has 0 unspecified atom stereocenters. The van der Waals surface area contributed by atoms with E-state index in [2.05, 4.69) is 230 Å². The lowest BCUT2D eigenvalue weighted by Gasteiger charge is -2.34. The molecule has 4 nitrogen and oxygen atoms in total. The lowest BCUT2D eigenvalue weighted by molar-refractivity contribution is 0.306. The van der Waals surface area contributed by atoms with Crippen LogP contribution >= 0.6 is 0 Å². The maximum atomic E-state index is 6.56. The largest absolute Gasteiger partial charge is 0.489 e. The molecule has 1 aromatic heterocycles. The molecule has 0 amide bonds. The van der Waals surface area contributed by atoms with Crippen LogP contribution in [0.4, 0.5) is 0 Å². The first-order valence-electron chi connectivity index (χ1n) is 22.1. The average molecular weight is 873 g/mol. The van der Waals surface area contributed by atoms with Crippen LogP contribution in [0.1, 0.15) is 11.1 Å². The number of nitrogens with zero attached hydrogens (tertiary/aromatic N) is 2. The summed E-state index contributed by atoms with van der Waals surface area (Å²) in [6, 6.07) is 92.2. The van der Waals surface area contributed by atoms with Crippen LogP contribution in [0.3, 0.4) is 0 Å². The third-order valence-corrected chi connectivity index (χ3v) is 22.1. The fraction of sp³-hybridized carbons (Fsp3) is 0.0339. The highest BCUT2D eigenvalue weighted by Gasteiger charge is 2.42. The molecule has 65 heavy (non-hydrogen) atoms. The van der Waals surface area contributed by atoms with Crippen molar-refractivity contribution in [3.05, 3.63) is 278 Å². The monoisotopic (exact) mass is 872 g/mol. The van der Waals surface area contributed by atoms with E-state index >= 15 is 0 Å². The van der Waals surface area contributed by atoms with Gasteiger partial charge in [0.15, 0.2) is 16.1 Å². The van der Waals surface area contributed by atoms with E-state index in [-0.39, 0.29) is 0 Å². The van der Waals surface area contributed by atoms with Gasteiger partial charge in [-0.2, -0.15) is 5.10 Å². The molecule has 0 N–H and O–H groups in total. The van der Waals surface area contributed by atoms with Crippen molar-refractivity contribution in [1.29, 1.82) is 0 Å². The van der Waals surface area contributed by atoms with Gasteiger partial charge in [0.25, 0.3) is 0 Å². The van der Waals surface area contributed by atoms with E-state index in [9.17, 15) is 0 Å². The van der Waals surface area contributed by atoms with Gasteiger partial charge in [-0.25, -0.2) is 4.68 Å². The van der Waals surface area contributed by atoms with Crippen molar-refractivity contribution in [2.45, 2.75) is 13.2 Å². The summed E-state index contributed by atoms with van der Waals surface area (Å²) in [5.74, 6) is 1.67. The van der Waals surface area contributed by atoms with Crippen LogP contribution in [0.15, 0.2) is 267 Å². The summed E-state index contributed by atoms with van der Waals surface area (Å²) < 4.78 is 14.7. The van der Waals surface area contributed by atoms with Crippen LogP contribution in [0, 0.1) is 0 Å². The molecule has 9 aromatic carbocycles. The first-order chi connectivity index (χ1) is 32.2. The maximum absolute atomic E-state index is 6.56. The fourth-order valence-electron chi connectivity index (χ4n) is 9.39. The first kappa shape index (κ1) is 41.2. The predicted octanol–water partition coefficient (Wildman–Crippen LogP) is 7.79. The quantitative estimate of drug-likeness (QED) is 0.0781. The molecule has 0 radical (unpaired) electrons. The smallest absolute Gasteiger partial charge is 0.179 e. The number of hydrogen-bond donors (Lipinski definition) is 0. The van der Waals surface area contributed by atoms with Gasteiger partial charge in [0.05, 0.1) is 5.69 Å². The highest BCUT2D eigenvalue weighted by atomic mass is 28.3.